The van der Waals surface area contributed by atoms with Crippen LogP contribution in [0.2, 0.25) is 0 Å². The molecule has 2 nitrogen and oxygen atoms in total. The lowest BCUT2D eigenvalue weighted by atomic mass is 9.84. The number of benzene rings is 2. The van der Waals surface area contributed by atoms with E-state index in [4.69, 9.17) is 10.5 Å². The lowest BCUT2D eigenvalue weighted by molar-refractivity contribution is 0.254. The van der Waals surface area contributed by atoms with E-state index in [0.29, 0.717) is 18.6 Å². The number of fused-ring (bicyclic) bond motifs is 1. The molecule has 3 rings (SSSR count). The van der Waals surface area contributed by atoms with Crippen molar-refractivity contribution in [3.63, 3.8) is 0 Å². The van der Waals surface area contributed by atoms with Crippen LogP contribution in [0.25, 0.3) is 0 Å². The highest BCUT2D eigenvalue weighted by molar-refractivity contribution is 9.10. The molecule has 0 bridgehead atoms. The molecule has 0 spiro atoms. The highest BCUT2D eigenvalue weighted by Crippen LogP contribution is 2.36. The molecule has 0 fully saturated rings. The van der Waals surface area contributed by atoms with Crippen LogP contribution in [0.15, 0.2) is 46.9 Å². The summed E-state index contributed by atoms with van der Waals surface area (Å²) in [6.07, 6.45) is 1.40. The standard InChI is InChI=1S/C17H17BrFNO/c18-12-6-5-11(15(19)10-12)9-16(20)13-7-8-21-17-4-2-1-3-14(13)17/h1-6,10,13,16H,7-9,20H2. The van der Waals surface area contributed by atoms with E-state index in [1.807, 2.05) is 24.3 Å². The third-order valence-electron chi connectivity index (χ3n) is 3.99. The van der Waals surface area contributed by atoms with Crippen LogP contribution in [0, 0.1) is 5.82 Å². The fourth-order valence-electron chi connectivity index (χ4n) is 2.90. The molecule has 2 N–H and O–H groups in total. The average molecular weight is 350 g/mol. The topological polar surface area (TPSA) is 35.2 Å². The van der Waals surface area contributed by atoms with E-state index in [1.54, 1.807) is 6.07 Å². The van der Waals surface area contributed by atoms with Crippen LogP contribution in [0.4, 0.5) is 4.39 Å². The predicted octanol–water partition coefficient (Wildman–Crippen LogP) is 4.02. The Balaban J connectivity index is 1.81. The maximum absolute atomic E-state index is 14.0. The summed E-state index contributed by atoms with van der Waals surface area (Å²) in [6.45, 7) is 0.665. The van der Waals surface area contributed by atoms with Crippen LogP contribution in [0.5, 0.6) is 5.75 Å². The van der Waals surface area contributed by atoms with Gasteiger partial charge in [-0.25, -0.2) is 4.39 Å². The van der Waals surface area contributed by atoms with Crippen molar-refractivity contribution in [3.8, 4) is 5.75 Å². The van der Waals surface area contributed by atoms with Crippen LogP contribution in [-0.4, -0.2) is 12.6 Å². The molecule has 1 heterocycles. The number of hydrogen-bond acceptors (Lipinski definition) is 2. The van der Waals surface area contributed by atoms with E-state index in [0.717, 1.165) is 22.2 Å². The Kier molecular flexibility index (Phi) is 4.27. The van der Waals surface area contributed by atoms with E-state index in [1.165, 1.54) is 6.07 Å². The molecule has 4 heteroatoms. The molecule has 2 aromatic carbocycles. The van der Waals surface area contributed by atoms with E-state index in [2.05, 4.69) is 22.0 Å². The fraction of sp³-hybridized carbons (Fsp3) is 0.294. The minimum Gasteiger partial charge on any atom is -0.493 e. The Morgan fingerprint density at radius 2 is 2.10 bits per heavy atom. The second-order valence-corrected chi connectivity index (χ2v) is 6.30. The molecule has 0 radical (unpaired) electrons. The fourth-order valence-corrected chi connectivity index (χ4v) is 3.23. The molecule has 2 unspecified atom stereocenters. The summed E-state index contributed by atoms with van der Waals surface area (Å²) in [5.74, 6) is 0.902. The van der Waals surface area contributed by atoms with Gasteiger partial charge in [0.2, 0.25) is 0 Å². The highest BCUT2D eigenvalue weighted by Gasteiger charge is 2.27. The van der Waals surface area contributed by atoms with E-state index in [-0.39, 0.29) is 17.8 Å². The summed E-state index contributed by atoms with van der Waals surface area (Å²) in [5.41, 5.74) is 8.16. The van der Waals surface area contributed by atoms with Crippen molar-refractivity contribution < 1.29 is 9.13 Å². The van der Waals surface area contributed by atoms with Gasteiger partial charge in [-0.1, -0.05) is 40.2 Å². The van der Waals surface area contributed by atoms with Gasteiger partial charge in [0.1, 0.15) is 11.6 Å². The van der Waals surface area contributed by atoms with Gasteiger partial charge in [0.05, 0.1) is 6.61 Å². The van der Waals surface area contributed by atoms with E-state index < -0.39 is 0 Å². The lowest BCUT2D eigenvalue weighted by Gasteiger charge is -2.30. The number of para-hydroxylation sites is 1. The molecule has 110 valence electrons. The number of halogens is 2. The quantitative estimate of drug-likeness (QED) is 0.907. The van der Waals surface area contributed by atoms with Gasteiger partial charge in [-0.05, 0) is 42.2 Å². The van der Waals surface area contributed by atoms with Crippen LogP contribution in [-0.2, 0) is 6.42 Å². The molecule has 0 amide bonds. The second-order valence-electron chi connectivity index (χ2n) is 5.39. The maximum atomic E-state index is 14.0. The molecule has 1 aliphatic rings. The number of rotatable bonds is 3. The first-order chi connectivity index (χ1) is 10.1. The zero-order chi connectivity index (χ0) is 14.8. The van der Waals surface area contributed by atoms with Crippen LogP contribution < -0.4 is 10.5 Å². The van der Waals surface area contributed by atoms with Crippen molar-refractivity contribution in [2.45, 2.75) is 24.8 Å². The Hall–Kier alpha value is -1.39. The van der Waals surface area contributed by atoms with Crippen molar-refractivity contribution in [2.24, 2.45) is 5.73 Å². The minimum absolute atomic E-state index is 0.120. The number of nitrogens with two attached hydrogens (primary N) is 1. The maximum Gasteiger partial charge on any atom is 0.127 e. The molecule has 0 aliphatic carbocycles. The van der Waals surface area contributed by atoms with Crippen molar-refractivity contribution in [1.82, 2.24) is 0 Å². The molecule has 0 saturated carbocycles. The van der Waals surface area contributed by atoms with Gasteiger partial charge in [0.25, 0.3) is 0 Å². The zero-order valence-corrected chi connectivity index (χ0v) is 13.1. The van der Waals surface area contributed by atoms with Crippen molar-refractivity contribution >= 4 is 15.9 Å². The summed E-state index contributed by atoms with van der Waals surface area (Å²) < 4.78 is 20.4. The van der Waals surface area contributed by atoms with Crippen LogP contribution >= 0.6 is 15.9 Å². The Morgan fingerprint density at radius 3 is 2.90 bits per heavy atom. The summed E-state index contributed by atoms with van der Waals surface area (Å²) in [7, 11) is 0. The predicted molar refractivity (Wildman–Crippen MR) is 85.1 cm³/mol. The minimum atomic E-state index is -0.208. The van der Waals surface area contributed by atoms with Crippen molar-refractivity contribution in [3.05, 3.63) is 63.9 Å². The third-order valence-corrected chi connectivity index (χ3v) is 4.49. The van der Waals surface area contributed by atoms with Gasteiger partial charge in [0.15, 0.2) is 0 Å². The first-order valence-corrected chi connectivity index (χ1v) is 7.85. The van der Waals surface area contributed by atoms with Gasteiger partial charge >= 0.3 is 0 Å². The number of ether oxygens (including phenoxy) is 1. The zero-order valence-electron chi connectivity index (χ0n) is 11.6. The van der Waals surface area contributed by atoms with Gasteiger partial charge in [-0.2, -0.15) is 0 Å². The summed E-state index contributed by atoms with van der Waals surface area (Å²) in [5, 5.41) is 0. The first kappa shape index (κ1) is 14.5. The summed E-state index contributed by atoms with van der Waals surface area (Å²) >= 11 is 3.27. The molecule has 0 aromatic heterocycles. The van der Waals surface area contributed by atoms with Crippen LogP contribution in [0.3, 0.4) is 0 Å². The van der Waals surface area contributed by atoms with E-state index in [9.17, 15) is 4.39 Å². The van der Waals surface area contributed by atoms with Gasteiger partial charge in [-0.15, -0.1) is 0 Å². The monoisotopic (exact) mass is 349 g/mol. The van der Waals surface area contributed by atoms with Crippen molar-refractivity contribution in [2.75, 3.05) is 6.61 Å². The molecule has 2 aromatic rings. The third kappa shape index (κ3) is 3.11. The SMILES string of the molecule is NC(Cc1ccc(Br)cc1F)C1CCOc2ccccc21. The van der Waals surface area contributed by atoms with Crippen LogP contribution in [0.1, 0.15) is 23.5 Å². The molecular weight excluding hydrogens is 333 g/mol. The lowest BCUT2D eigenvalue weighted by Crippen LogP contribution is -2.34. The first-order valence-electron chi connectivity index (χ1n) is 7.06. The molecule has 1 aliphatic heterocycles. The average Bonchev–Trinajstić information content (AvgIpc) is 2.49. The smallest absolute Gasteiger partial charge is 0.127 e. The Bertz CT molecular complexity index is 646. The Morgan fingerprint density at radius 1 is 1.29 bits per heavy atom. The second kappa shape index (κ2) is 6.16. The van der Waals surface area contributed by atoms with Gasteiger partial charge < -0.3 is 10.5 Å². The number of hydrogen-bond donors (Lipinski definition) is 1. The highest BCUT2D eigenvalue weighted by atomic mass is 79.9. The molecule has 21 heavy (non-hydrogen) atoms. The molecular formula is C17H17BrFNO. The molecule has 0 saturated heterocycles. The Labute approximate surface area is 132 Å². The largest absolute Gasteiger partial charge is 0.493 e. The van der Waals surface area contributed by atoms with Gasteiger partial charge in [0, 0.05) is 16.4 Å². The summed E-state index contributed by atoms with van der Waals surface area (Å²) in [6, 6.07) is 13.0. The van der Waals surface area contributed by atoms with Gasteiger partial charge in [-0.3, -0.25) is 0 Å². The normalized spacial score (nSPS) is 18.7. The van der Waals surface area contributed by atoms with E-state index >= 15 is 0 Å². The summed E-state index contributed by atoms with van der Waals surface area (Å²) in [4.78, 5) is 0. The van der Waals surface area contributed by atoms with Crippen molar-refractivity contribution in [1.29, 1.82) is 0 Å². The molecule has 2 atom stereocenters.